The Balaban J connectivity index is 2.09. The molecule has 1 aliphatic rings. The molecule has 4 rings (SSSR count). The number of fused-ring (bicyclic) bond motifs is 1. The first-order valence-electron chi connectivity index (χ1n) is 12.7. The predicted octanol–water partition coefficient (Wildman–Crippen LogP) is 3.86. The van der Waals surface area contributed by atoms with Crippen LogP contribution in [0.1, 0.15) is 64.3 Å². The van der Waals surface area contributed by atoms with Gasteiger partial charge in [0, 0.05) is 0 Å². The predicted molar refractivity (Wildman–Crippen MR) is 145 cm³/mol. The van der Waals surface area contributed by atoms with Crippen LogP contribution >= 0.6 is 0 Å². The van der Waals surface area contributed by atoms with Crippen LogP contribution in [0.2, 0.25) is 0 Å². The van der Waals surface area contributed by atoms with Crippen molar-refractivity contribution in [2.75, 3.05) is 21.3 Å². The van der Waals surface area contributed by atoms with Crippen LogP contribution in [-0.4, -0.2) is 57.0 Å². The minimum absolute atomic E-state index is 0.0427. The number of ketones is 1. The summed E-state index contributed by atoms with van der Waals surface area (Å²) < 4.78 is 26.0. The number of benzene rings is 3. The molecule has 0 saturated heterocycles. The molecule has 0 aromatic heterocycles. The van der Waals surface area contributed by atoms with Gasteiger partial charge in [0.15, 0.2) is 17.3 Å². The molecule has 0 amide bonds. The lowest BCUT2D eigenvalue weighted by Gasteiger charge is -2.31. The highest BCUT2D eigenvalue weighted by Gasteiger charge is 2.46. The minimum Gasteiger partial charge on any atom is -0.468 e. The lowest BCUT2D eigenvalue weighted by atomic mass is 9.73. The summed E-state index contributed by atoms with van der Waals surface area (Å²) in [5, 5.41) is 0. The first-order chi connectivity index (χ1) is 20.1. The van der Waals surface area contributed by atoms with Crippen LogP contribution in [0.15, 0.2) is 60.7 Å². The highest BCUT2D eigenvalue weighted by atomic mass is 16.6. The van der Waals surface area contributed by atoms with Gasteiger partial charge in [-0.05, 0) is 42.2 Å². The van der Waals surface area contributed by atoms with Gasteiger partial charge in [0.2, 0.25) is 0 Å². The topological polar surface area (TPSA) is 149 Å². The SMILES string of the molecule is COC(=O)c1c2c(c(OC(=O)c3ccccc3)c(C(=O)OC)c1OC(=O)c1ccccc1)C(=O)C(C(=O)OC)C(C)C2. The summed E-state index contributed by atoms with van der Waals surface area (Å²) >= 11 is 0. The maximum absolute atomic E-state index is 13.9. The molecule has 0 fully saturated rings. The van der Waals surface area contributed by atoms with E-state index >= 15 is 0 Å². The summed E-state index contributed by atoms with van der Waals surface area (Å²) in [7, 11) is 3.18. The Bertz CT molecular complexity index is 1580. The van der Waals surface area contributed by atoms with Crippen molar-refractivity contribution < 1.29 is 52.5 Å². The van der Waals surface area contributed by atoms with Gasteiger partial charge in [-0.25, -0.2) is 19.2 Å². The lowest BCUT2D eigenvalue weighted by molar-refractivity contribution is -0.145. The van der Waals surface area contributed by atoms with Gasteiger partial charge in [0.05, 0.1) is 38.0 Å². The second-order valence-corrected chi connectivity index (χ2v) is 9.30. The summed E-state index contributed by atoms with van der Waals surface area (Å²) in [6, 6.07) is 15.4. The zero-order chi connectivity index (χ0) is 30.6. The molecule has 3 aromatic rings. The van der Waals surface area contributed by atoms with E-state index in [2.05, 4.69) is 0 Å². The maximum Gasteiger partial charge on any atom is 0.345 e. The molecule has 0 N–H and O–H groups in total. The first kappa shape index (κ1) is 29.7. The molecule has 0 aliphatic heterocycles. The number of hydrogen-bond acceptors (Lipinski definition) is 11. The van der Waals surface area contributed by atoms with E-state index in [9.17, 15) is 28.8 Å². The van der Waals surface area contributed by atoms with Gasteiger partial charge in [-0.3, -0.25) is 9.59 Å². The largest absolute Gasteiger partial charge is 0.468 e. The monoisotopic (exact) mass is 574 g/mol. The third kappa shape index (κ3) is 5.49. The van der Waals surface area contributed by atoms with Crippen molar-refractivity contribution in [3.05, 3.63) is 94.0 Å². The first-order valence-corrected chi connectivity index (χ1v) is 12.7. The van der Waals surface area contributed by atoms with Gasteiger partial charge in [0.1, 0.15) is 17.0 Å². The Morgan fingerprint density at radius 3 is 1.60 bits per heavy atom. The van der Waals surface area contributed by atoms with Gasteiger partial charge in [-0.15, -0.1) is 0 Å². The molecular formula is C31H26O11. The number of esters is 5. The number of rotatable bonds is 7. The highest BCUT2D eigenvalue weighted by molar-refractivity contribution is 6.18. The second-order valence-electron chi connectivity index (χ2n) is 9.30. The van der Waals surface area contributed by atoms with E-state index < -0.39 is 75.7 Å². The minimum atomic E-state index is -1.36. The number of carbonyl (C=O) groups is 6. The Kier molecular flexibility index (Phi) is 8.80. The van der Waals surface area contributed by atoms with Crippen LogP contribution in [0, 0.1) is 11.8 Å². The molecule has 0 heterocycles. The third-order valence-electron chi connectivity index (χ3n) is 6.78. The fourth-order valence-electron chi connectivity index (χ4n) is 4.80. The summed E-state index contributed by atoms with van der Waals surface area (Å²) in [5.74, 6) is -9.26. The molecule has 1 aliphatic carbocycles. The van der Waals surface area contributed by atoms with E-state index in [1.54, 1.807) is 43.3 Å². The van der Waals surface area contributed by atoms with E-state index in [0.717, 1.165) is 21.3 Å². The van der Waals surface area contributed by atoms with E-state index in [1.165, 1.54) is 24.3 Å². The van der Waals surface area contributed by atoms with E-state index in [-0.39, 0.29) is 23.1 Å². The number of ether oxygens (including phenoxy) is 5. The summed E-state index contributed by atoms with van der Waals surface area (Å²) in [6.45, 7) is 1.59. The molecule has 0 bridgehead atoms. The molecule has 11 nitrogen and oxygen atoms in total. The van der Waals surface area contributed by atoms with Crippen molar-refractivity contribution in [2.45, 2.75) is 13.3 Å². The fourth-order valence-corrected chi connectivity index (χ4v) is 4.80. The number of carbonyl (C=O) groups excluding carboxylic acids is 6. The van der Waals surface area contributed by atoms with Crippen LogP contribution in [0.3, 0.4) is 0 Å². The molecule has 0 spiro atoms. The van der Waals surface area contributed by atoms with Gasteiger partial charge >= 0.3 is 29.8 Å². The van der Waals surface area contributed by atoms with Gasteiger partial charge in [-0.2, -0.15) is 0 Å². The summed E-state index contributed by atoms with van der Waals surface area (Å²) in [4.78, 5) is 79.7. The van der Waals surface area contributed by atoms with Crippen molar-refractivity contribution in [3.8, 4) is 11.5 Å². The molecule has 0 radical (unpaired) electrons. The molecule has 2 unspecified atom stereocenters. The Morgan fingerprint density at radius 2 is 1.12 bits per heavy atom. The number of hydrogen-bond donors (Lipinski definition) is 0. The summed E-state index contributed by atoms with van der Waals surface area (Å²) in [6.07, 6.45) is -0.113. The van der Waals surface area contributed by atoms with Crippen molar-refractivity contribution >= 4 is 35.6 Å². The van der Waals surface area contributed by atoms with Crippen molar-refractivity contribution in [1.82, 2.24) is 0 Å². The fraction of sp³-hybridized carbons (Fsp3) is 0.226. The van der Waals surface area contributed by atoms with Crippen LogP contribution in [-0.2, 0) is 25.4 Å². The Hall–Kier alpha value is -5.32. The number of Topliss-reactive ketones (excluding diaryl/α,β-unsaturated/α-hetero) is 1. The zero-order valence-corrected chi connectivity index (χ0v) is 23.1. The van der Waals surface area contributed by atoms with Crippen LogP contribution < -0.4 is 9.47 Å². The van der Waals surface area contributed by atoms with Gasteiger partial charge < -0.3 is 23.7 Å². The Labute approximate surface area is 240 Å². The van der Waals surface area contributed by atoms with Gasteiger partial charge in [0.25, 0.3) is 0 Å². The normalized spacial score (nSPS) is 15.6. The highest BCUT2D eigenvalue weighted by Crippen LogP contribution is 2.46. The second kappa shape index (κ2) is 12.5. The molecule has 0 saturated carbocycles. The number of methoxy groups -OCH3 is 3. The van der Waals surface area contributed by atoms with E-state index in [0.29, 0.717) is 0 Å². The van der Waals surface area contributed by atoms with Crippen LogP contribution in [0.4, 0.5) is 0 Å². The van der Waals surface area contributed by atoms with Crippen molar-refractivity contribution in [1.29, 1.82) is 0 Å². The maximum atomic E-state index is 13.9. The van der Waals surface area contributed by atoms with Crippen molar-refractivity contribution in [3.63, 3.8) is 0 Å². The molecule has 2 atom stereocenters. The van der Waals surface area contributed by atoms with E-state index in [1.807, 2.05) is 0 Å². The average molecular weight is 575 g/mol. The third-order valence-corrected chi connectivity index (χ3v) is 6.78. The van der Waals surface area contributed by atoms with E-state index in [4.69, 9.17) is 23.7 Å². The smallest absolute Gasteiger partial charge is 0.345 e. The lowest BCUT2D eigenvalue weighted by Crippen LogP contribution is -2.38. The molecule has 216 valence electrons. The quantitative estimate of drug-likeness (QED) is 0.175. The summed E-state index contributed by atoms with van der Waals surface area (Å²) in [5.41, 5.74) is -1.45. The zero-order valence-electron chi connectivity index (χ0n) is 23.1. The molecule has 11 heteroatoms. The van der Waals surface area contributed by atoms with Crippen molar-refractivity contribution in [2.24, 2.45) is 11.8 Å². The molecule has 3 aromatic carbocycles. The standard InChI is InChI=1S/C31H26O11/c1-16-15-19-21(24(32)20(16)29(35)38-2)25(41-27(33)17-11-7-5-8-12-17)23(31(37)40-4)26(22(19)30(36)39-3)42-28(34)18-13-9-6-10-14-18/h5-14,16,20H,15H2,1-4H3. The average Bonchev–Trinajstić information content (AvgIpc) is 3.00. The molecular weight excluding hydrogens is 548 g/mol. The molecule has 42 heavy (non-hydrogen) atoms. The van der Waals surface area contributed by atoms with Crippen LogP contribution in [0.5, 0.6) is 11.5 Å². The Morgan fingerprint density at radius 1 is 0.643 bits per heavy atom. The van der Waals surface area contributed by atoms with Crippen LogP contribution in [0.25, 0.3) is 0 Å². The van der Waals surface area contributed by atoms with Gasteiger partial charge in [-0.1, -0.05) is 43.3 Å².